The molecule has 1 saturated heterocycles. The number of amides is 1. The molecule has 1 heterocycles. The number of hydrogen-bond acceptors (Lipinski definition) is 6. The van der Waals surface area contributed by atoms with E-state index >= 15 is 0 Å². The molecule has 0 aliphatic carbocycles. The molecule has 1 atom stereocenters. The number of ether oxygens (including phenoxy) is 1. The number of aliphatic hydroxyl groups is 1. The van der Waals surface area contributed by atoms with Gasteiger partial charge in [-0.25, -0.2) is 0 Å². The number of hydrogen-bond donors (Lipinski definition) is 4. The first-order valence-electron chi connectivity index (χ1n) is 10.9. The van der Waals surface area contributed by atoms with Crippen molar-refractivity contribution in [2.45, 2.75) is 44.9 Å². The minimum Gasteiger partial charge on any atom is -0.508 e. The number of benzene rings is 2. The van der Waals surface area contributed by atoms with Gasteiger partial charge in [-0.05, 0) is 62.7 Å². The molecular weight excluding hydrogens is 430 g/mol. The average Bonchev–Trinajstić information content (AvgIpc) is 2.75. The van der Waals surface area contributed by atoms with Crippen LogP contribution in [0.3, 0.4) is 0 Å². The third kappa shape index (κ3) is 7.38. The van der Waals surface area contributed by atoms with E-state index in [2.05, 4.69) is 15.5 Å². The Morgan fingerprint density at radius 2 is 1.94 bits per heavy atom. The van der Waals surface area contributed by atoms with E-state index in [9.17, 15) is 15.0 Å². The molecule has 2 aromatic carbocycles. The fourth-order valence-electron chi connectivity index (χ4n) is 3.95. The molecule has 7 nitrogen and oxygen atoms in total. The highest BCUT2D eigenvalue weighted by molar-refractivity contribution is 6.30. The second-order valence-corrected chi connectivity index (χ2v) is 9.10. The highest BCUT2D eigenvalue weighted by Gasteiger charge is 2.30. The van der Waals surface area contributed by atoms with Crippen LogP contribution < -0.4 is 15.4 Å². The highest BCUT2D eigenvalue weighted by Crippen LogP contribution is 2.30. The monoisotopic (exact) mass is 461 g/mol. The second-order valence-electron chi connectivity index (χ2n) is 8.66. The first-order valence-corrected chi connectivity index (χ1v) is 11.2. The van der Waals surface area contributed by atoms with Gasteiger partial charge in [0.05, 0.1) is 5.69 Å². The zero-order valence-electron chi connectivity index (χ0n) is 18.6. The van der Waals surface area contributed by atoms with E-state index < -0.39 is 5.60 Å². The van der Waals surface area contributed by atoms with E-state index in [0.717, 1.165) is 31.5 Å². The van der Waals surface area contributed by atoms with Crippen LogP contribution in [-0.4, -0.2) is 58.9 Å². The van der Waals surface area contributed by atoms with E-state index in [4.69, 9.17) is 16.3 Å². The van der Waals surface area contributed by atoms with E-state index in [-0.39, 0.29) is 18.3 Å². The molecule has 0 bridgehead atoms. The van der Waals surface area contributed by atoms with Crippen molar-refractivity contribution in [3.05, 3.63) is 53.1 Å². The van der Waals surface area contributed by atoms with Crippen LogP contribution in [0.5, 0.6) is 11.5 Å². The predicted octanol–water partition coefficient (Wildman–Crippen LogP) is 3.39. The summed E-state index contributed by atoms with van der Waals surface area (Å²) in [6, 6.07) is 12.6. The summed E-state index contributed by atoms with van der Waals surface area (Å²) in [4.78, 5) is 13.8. The Kier molecular flexibility index (Phi) is 8.37. The quantitative estimate of drug-likeness (QED) is 0.428. The number of nitrogens with one attached hydrogen (secondary N) is 2. The summed E-state index contributed by atoms with van der Waals surface area (Å²) in [6.45, 7) is 6.15. The lowest BCUT2D eigenvalue weighted by molar-refractivity contribution is -0.114. The predicted molar refractivity (Wildman–Crippen MR) is 126 cm³/mol. The molecule has 0 unspecified atom stereocenters. The smallest absolute Gasteiger partial charge is 0.221 e. The first-order chi connectivity index (χ1) is 15.2. The summed E-state index contributed by atoms with van der Waals surface area (Å²) in [5, 5.41) is 27.8. The molecule has 0 radical (unpaired) electrons. The minimum absolute atomic E-state index is 0.00509. The van der Waals surface area contributed by atoms with Crippen molar-refractivity contribution in [2.75, 3.05) is 31.6 Å². The van der Waals surface area contributed by atoms with Crippen molar-refractivity contribution < 1.29 is 19.7 Å². The van der Waals surface area contributed by atoms with Gasteiger partial charge in [0.2, 0.25) is 5.91 Å². The molecule has 174 valence electrons. The van der Waals surface area contributed by atoms with Gasteiger partial charge in [-0.2, -0.15) is 0 Å². The molecule has 1 aliphatic heterocycles. The number of phenols is 1. The Balaban J connectivity index is 1.71. The van der Waals surface area contributed by atoms with Gasteiger partial charge in [-0.1, -0.05) is 23.7 Å². The summed E-state index contributed by atoms with van der Waals surface area (Å²) < 4.78 is 5.86. The number of halogens is 1. The SMILES string of the molecule is CC(=O)Nc1ccc(O)cc1OC[C@@](C)(O)CN(Cc1ccc(Cl)cc1)C1CCNCC1. The number of carbonyl (C=O) groups excluding carboxylic acids is 1. The van der Waals surface area contributed by atoms with E-state index in [0.29, 0.717) is 35.6 Å². The van der Waals surface area contributed by atoms with Gasteiger partial charge in [0, 0.05) is 37.1 Å². The molecule has 0 spiro atoms. The molecule has 0 aromatic heterocycles. The molecule has 32 heavy (non-hydrogen) atoms. The van der Waals surface area contributed by atoms with Gasteiger partial charge in [-0.3, -0.25) is 9.69 Å². The van der Waals surface area contributed by atoms with E-state index in [1.54, 1.807) is 13.0 Å². The summed E-state index contributed by atoms with van der Waals surface area (Å²) >= 11 is 6.04. The van der Waals surface area contributed by atoms with Gasteiger partial charge < -0.3 is 25.6 Å². The van der Waals surface area contributed by atoms with Crippen LogP contribution in [0.2, 0.25) is 5.02 Å². The lowest BCUT2D eigenvalue weighted by Gasteiger charge is -2.39. The van der Waals surface area contributed by atoms with Crippen molar-refractivity contribution in [1.82, 2.24) is 10.2 Å². The fourth-order valence-corrected chi connectivity index (χ4v) is 4.08. The number of anilines is 1. The third-order valence-electron chi connectivity index (χ3n) is 5.48. The topological polar surface area (TPSA) is 94.1 Å². The average molecular weight is 462 g/mol. The van der Waals surface area contributed by atoms with E-state index in [1.807, 2.05) is 24.3 Å². The van der Waals surface area contributed by atoms with Gasteiger partial charge in [0.1, 0.15) is 23.7 Å². The summed E-state index contributed by atoms with van der Waals surface area (Å²) in [7, 11) is 0. The maximum atomic E-state index is 11.5. The van der Waals surface area contributed by atoms with Crippen molar-refractivity contribution in [1.29, 1.82) is 0 Å². The van der Waals surface area contributed by atoms with Gasteiger partial charge >= 0.3 is 0 Å². The van der Waals surface area contributed by atoms with Crippen LogP contribution >= 0.6 is 11.6 Å². The molecule has 1 amide bonds. The summed E-state index contributed by atoms with van der Waals surface area (Å²) in [6.07, 6.45) is 2.01. The molecule has 0 saturated carbocycles. The van der Waals surface area contributed by atoms with Gasteiger partial charge in [-0.15, -0.1) is 0 Å². The number of rotatable bonds is 9. The zero-order chi connectivity index (χ0) is 23.1. The molecule has 1 aliphatic rings. The summed E-state index contributed by atoms with van der Waals surface area (Å²) in [5.74, 6) is 0.0896. The first kappa shape index (κ1) is 24.3. The van der Waals surface area contributed by atoms with Crippen molar-refractivity contribution in [3.8, 4) is 11.5 Å². The molecule has 4 N–H and O–H groups in total. The van der Waals surface area contributed by atoms with Gasteiger partial charge in [0.25, 0.3) is 0 Å². The van der Waals surface area contributed by atoms with Crippen LogP contribution in [0.25, 0.3) is 0 Å². The Morgan fingerprint density at radius 1 is 1.25 bits per heavy atom. The van der Waals surface area contributed by atoms with Crippen molar-refractivity contribution in [3.63, 3.8) is 0 Å². The molecule has 8 heteroatoms. The Morgan fingerprint density at radius 3 is 2.59 bits per heavy atom. The van der Waals surface area contributed by atoms with Crippen molar-refractivity contribution >= 4 is 23.2 Å². The molecular formula is C24H32ClN3O4. The standard InChI is InChI=1S/C24H32ClN3O4/c1-17(29)27-22-8-7-21(30)13-23(22)32-16-24(2,31)15-28(20-9-11-26-12-10-20)14-18-3-5-19(25)6-4-18/h3-8,13,20,26,30-31H,9-12,14-16H2,1-2H3,(H,27,29)/t24-/m0/s1. The number of phenolic OH excluding ortho intramolecular Hbond substituents is 1. The van der Waals surface area contributed by atoms with Crippen molar-refractivity contribution in [2.24, 2.45) is 0 Å². The van der Waals surface area contributed by atoms with Crippen LogP contribution in [0.1, 0.15) is 32.3 Å². The molecule has 3 rings (SSSR count). The van der Waals surface area contributed by atoms with Gasteiger partial charge in [0.15, 0.2) is 0 Å². The Bertz CT molecular complexity index is 899. The highest BCUT2D eigenvalue weighted by atomic mass is 35.5. The molecule has 2 aromatic rings. The largest absolute Gasteiger partial charge is 0.508 e. The number of carbonyl (C=O) groups is 1. The Hall–Kier alpha value is -2.32. The number of nitrogens with zero attached hydrogens (tertiary/aromatic N) is 1. The third-order valence-corrected chi connectivity index (χ3v) is 5.73. The lowest BCUT2D eigenvalue weighted by atomic mass is 10.00. The minimum atomic E-state index is -1.16. The van der Waals surface area contributed by atoms with Crippen LogP contribution in [0, 0.1) is 0 Å². The van der Waals surface area contributed by atoms with E-state index in [1.165, 1.54) is 19.1 Å². The molecule has 1 fully saturated rings. The number of piperidine rings is 1. The normalized spacial score (nSPS) is 16.5. The maximum absolute atomic E-state index is 11.5. The lowest BCUT2D eigenvalue weighted by Crippen LogP contribution is -2.51. The second kappa shape index (κ2) is 11.0. The maximum Gasteiger partial charge on any atom is 0.221 e. The summed E-state index contributed by atoms with van der Waals surface area (Å²) in [5.41, 5.74) is 0.420. The van der Waals surface area contributed by atoms with Crippen LogP contribution in [0.15, 0.2) is 42.5 Å². The fraction of sp³-hybridized carbons (Fsp3) is 0.458. The van der Waals surface area contributed by atoms with Crippen LogP contribution in [-0.2, 0) is 11.3 Å². The Labute approximate surface area is 194 Å². The zero-order valence-corrected chi connectivity index (χ0v) is 19.4. The van der Waals surface area contributed by atoms with Crippen LogP contribution in [0.4, 0.5) is 5.69 Å². The number of aromatic hydroxyl groups is 1.